The molecule has 0 N–H and O–H groups in total. The summed E-state index contributed by atoms with van der Waals surface area (Å²) in [7, 11) is -6.50. The Labute approximate surface area is 114 Å². The molecule has 2 rings (SSSR count). The van der Waals surface area contributed by atoms with Crippen LogP contribution in [0.4, 0.5) is 0 Å². The minimum atomic E-state index is -3.43. The number of aryl methyl sites for hydroxylation is 1. The molecule has 0 unspecified atom stereocenters. The first-order valence-corrected chi connectivity index (χ1v) is 9.45. The zero-order valence-corrected chi connectivity index (χ0v) is 12.4. The molecule has 1 aliphatic heterocycles. The molecule has 0 atom stereocenters. The highest BCUT2D eigenvalue weighted by Crippen LogP contribution is 2.15. The van der Waals surface area contributed by atoms with Crippen molar-refractivity contribution in [2.45, 2.75) is 12.7 Å². The van der Waals surface area contributed by atoms with Crippen molar-refractivity contribution in [2.75, 3.05) is 24.6 Å². The largest absolute Gasteiger partial charge is 0.229 e. The highest BCUT2D eigenvalue weighted by molar-refractivity contribution is 7.92. The molecule has 1 aliphatic rings. The van der Waals surface area contributed by atoms with E-state index in [4.69, 9.17) is 0 Å². The van der Waals surface area contributed by atoms with Gasteiger partial charge in [-0.25, -0.2) is 16.8 Å². The summed E-state index contributed by atoms with van der Waals surface area (Å²) in [5, 5.41) is 0. The summed E-state index contributed by atoms with van der Waals surface area (Å²) in [4.78, 5) is 0. The lowest BCUT2D eigenvalue weighted by molar-refractivity contribution is 0.430. The molecule has 106 valence electrons. The molecule has 5 nitrogen and oxygen atoms in total. The molecule has 0 aromatic heterocycles. The van der Waals surface area contributed by atoms with Crippen molar-refractivity contribution in [3.05, 3.63) is 35.4 Å². The smallest absolute Gasteiger partial charge is 0.218 e. The van der Waals surface area contributed by atoms with Gasteiger partial charge in [0, 0.05) is 13.1 Å². The summed E-state index contributed by atoms with van der Waals surface area (Å²) < 4.78 is 48.3. The molecule has 1 heterocycles. The Bertz CT molecular complexity index is 651. The second kappa shape index (κ2) is 5.22. The fourth-order valence-electron chi connectivity index (χ4n) is 2.08. The molecular weight excluding hydrogens is 286 g/mol. The van der Waals surface area contributed by atoms with Crippen LogP contribution in [0.25, 0.3) is 0 Å². The Kier molecular flexibility index (Phi) is 3.98. The maximum Gasteiger partial charge on any atom is 0.218 e. The van der Waals surface area contributed by atoms with Crippen LogP contribution in [0.2, 0.25) is 0 Å². The van der Waals surface area contributed by atoms with Crippen molar-refractivity contribution in [2.24, 2.45) is 0 Å². The maximum atomic E-state index is 12.2. The van der Waals surface area contributed by atoms with E-state index in [1.807, 2.05) is 25.1 Å². The third-order valence-electron chi connectivity index (χ3n) is 3.13. The van der Waals surface area contributed by atoms with Crippen molar-refractivity contribution in [1.29, 1.82) is 0 Å². The Morgan fingerprint density at radius 3 is 2.42 bits per heavy atom. The average Bonchev–Trinajstić information content (AvgIpc) is 2.27. The van der Waals surface area contributed by atoms with E-state index in [9.17, 15) is 16.8 Å². The van der Waals surface area contributed by atoms with Gasteiger partial charge in [-0.1, -0.05) is 29.8 Å². The molecule has 0 saturated carbocycles. The molecule has 1 aromatic rings. The molecule has 1 aromatic carbocycles. The number of hydrogen-bond donors (Lipinski definition) is 0. The first-order valence-electron chi connectivity index (χ1n) is 6.02. The normalized spacial score (nSPS) is 20.3. The summed E-state index contributed by atoms with van der Waals surface area (Å²) in [6, 6.07) is 7.33. The van der Waals surface area contributed by atoms with E-state index in [0.717, 1.165) is 11.1 Å². The van der Waals surface area contributed by atoms with Crippen LogP contribution in [0.5, 0.6) is 0 Å². The summed E-state index contributed by atoms with van der Waals surface area (Å²) in [6.07, 6.45) is 0. The third kappa shape index (κ3) is 3.77. The second-order valence-electron chi connectivity index (χ2n) is 4.80. The molecule has 0 spiro atoms. The molecule has 0 amide bonds. The van der Waals surface area contributed by atoms with E-state index >= 15 is 0 Å². The maximum absolute atomic E-state index is 12.2. The molecule has 7 heteroatoms. The zero-order chi connectivity index (χ0) is 14.1. The molecule has 0 aliphatic carbocycles. The van der Waals surface area contributed by atoms with E-state index < -0.39 is 19.9 Å². The van der Waals surface area contributed by atoms with Gasteiger partial charge >= 0.3 is 0 Å². The molecule has 0 radical (unpaired) electrons. The van der Waals surface area contributed by atoms with E-state index in [-0.39, 0.29) is 30.3 Å². The summed E-state index contributed by atoms with van der Waals surface area (Å²) in [6.45, 7) is 2.04. The Morgan fingerprint density at radius 1 is 1.21 bits per heavy atom. The topological polar surface area (TPSA) is 71.5 Å². The first-order chi connectivity index (χ1) is 8.78. The van der Waals surface area contributed by atoms with Gasteiger partial charge in [0.2, 0.25) is 10.0 Å². The lowest BCUT2D eigenvalue weighted by Crippen LogP contribution is -2.44. The molecule has 19 heavy (non-hydrogen) atoms. The number of benzene rings is 1. The lowest BCUT2D eigenvalue weighted by atomic mass is 10.2. The van der Waals surface area contributed by atoms with E-state index in [1.165, 1.54) is 4.31 Å². The molecular formula is C12H17NO4S2. The van der Waals surface area contributed by atoms with Crippen LogP contribution >= 0.6 is 0 Å². The minimum Gasteiger partial charge on any atom is -0.229 e. The monoisotopic (exact) mass is 303 g/mol. The predicted molar refractivity (Wildman–Crippen MR) is 74.0 cm³/mol. The van der Waals surface area contributed by atoms with Gasteiger partial charge in [0.1, 0.15) is 0 Å². The first kappa shape index (κ1) is 14.5. The average molecular weight is 303 g/mol. The highest BCUT2D eigenvalue weighted by atomic mass is 32.2. The van der Waals surface area contributed by atoms with Crippen molar-refractivity contribution in [1.82, 2.24) is 4.31 Å². The van der Waals surface area contributed by atoms with Gasteiger partial charge < -0.3 is 0 Å². The van der Waals surface area contributed by atoms with Crippen molar-refractivity contribution < 1.29 is 16.8 Å². The van der Waals surface area contributed by atoms with Crippen molar-refractivity contribution >= 4 is 19.9 Å². The van der Waals surface area contributed by atoms with Crippen LogP contribution in [0, 0.1) is 6.92 Å². The number of sulfonamides is 1. The van der Waals surface area contributed by atoms with Gasteiger partial charge in [-0.05, 0) is 12.5 Å². The number of rotatable bonds is 3. The number of hydrogen-bond acceptors (Lipinski definition) is 4. The number of sulfone groups is 1. The Morgan fingerprint density at radius 2 is 1.84 bits per heavy atom. The summed E-state index contributed by atoms with van der Waals surface area (Å²) >= 11 is 0. The van der Waals surface area contributed by atoms with E-state index in [0.29, 0.717) is 0 Å². The fourth-order valence-corrected chi connectivity index (χ4v) is 5.03. The fraction of sp³-hybridized carbons (Fsp3) is 0.500. The van der Waals surface area contributed by atoms with E-state index in [1.54, 1.807) is 6.07 Å². The highest BCUT2D eigenvalue weighted by Gasteiger charge is 2.29. The minimum absolute atomic E-state index is 0.0660. The number of nitrogens with zero attached hydrogens (tertiary/aromatic N) is 1. The molecule has 1 saturated heterocycles. The Balaban J connectivity index is 2.11. The molecule has 0 bridgehead atoms. The van der Waals surface area contributed by atoms with Crippen molar-refractivity contribution in [3.63, 3.8) is 0 Å². The third-order valence-corrected chi connectivity index (χ3v) is 6.59. The van der Waals surface area contributed by atoms with Gasteiger partial charge in [-0.3, -0.25) is 0 Å². The van der Waals surface area contributed by atoms with Gasteiger partial charge in [0.25, 0.3) is 0 Å². The predicted octanol–water partition coefficient (Wildman–Crippen LogP) is 0.555. The van der Waals surface area contributed by atoms with Gasteiger partial charge in [-0.2, -0.15) is 4.31 Å². The van der Waals surface area contributed by atoms with Gasteiger partial charge in [0.05, 0.1) is 17.3 Å². The molecule has 1 fully saturated rings. The summed E-state index contributed by atoms with van der Waals surface area (Å²) in [5.41, 5.74) is 1.74. The Hall–Kier alpha value is -0.920. The van der Waals surface area contributed by atoms with Crippen LogP contribution < -0.4 is 0 Å². The lowest BCUT2D eigenvalue weighted by Gasteiger charge is -2.26. The summed E-state index contributed by atoms with van der Waals surface area (Å²) in [5.74, 6) is -0.241. The zero-order valence-electron chi connectivity index (χ0n) is 10.7. The van der Waals surface area contributed by atoms with Gasteiger partial charge in [-0.15, -0.1) is 0 Å². The van der Waals surface area contributed by atoms with Gasteiger partial charge in [0.15, 0.2) is 9.84 Å². The standard InChI is InChI=1S/C12H17NO4S2/c1-11-3-2-4-12(9-11)10-19(16,17)13-5-7-18(14,15)8-6-13/h2-4,9H,5-8,10H2,1H3. The van der Waals surface area contributed by atoms with E-state index in [2.05, 4.69) is 0 Å². The van der Waals surface area contributed by atoms with Crippen LogP contribution in [0.15, 0.2) is 24.3 Å². The quantitative estimate of drug-likeness (QED) is 0.818. The van der Waals surface area contributed by atoms with Crippen LogP contribution in [-0.4, -0.2) is 45.7 Å². The van der Waals surface area contributed by atoms with Crippen LogP contribution in [0.1, 0.15) is 11.1 Å². The SMILES string of the molecule is Cc1cccc(CS(=O)(=O)N2CCS(=O)(=O)CC2)c1. The second-order valence-corrected chi connectivity index (χ2v) is 9.07. The van der Waals surface area contributed by atoms with Crippen LogP contribution in [-0.2, 0) is 25.6 Å². The van der Waals surface area contributed by atoms with Crippen LogP contribution in [0.3, 0.4) is 0 Å². The van der Waals surface area contributed by atoms with Crippen molar-refractivity contribution in [3.8, 4) is 0 Å².